The second-order valence-corrected chi connectivity index (χ2v) is 6.67. The number of nitrogens with one attached hydrogen (secondary N) is 1. The molecule has 0 aromatic heterocycles. The van der Waals surface area contributed by atoms with Crippen LogP contribution in [-0.2, 0) is 19.1 Å². The molecule has 1 N–H and O–H groups in total. The molecule has 0 spiro atoms. The molecule has 2 atom stereocenters. The minimum absolute atomic E-state index is 0.0162. The molecule has 2 aromatic rings. The molecule has 1 aliphatic rings. The molecule has 0 aliphatic carbocycles. The second-order valence-electron chi connectivity index (χ2n) is 6.67. The van der Waals surface area contributed by atoms with Crippen molar-refractivity contribution in [1.82, 2.24) is 4.90 Å². The fourth-order valence-electron chi connectivity index (χ4n) is 3.18. The summed E-state index contributed by atoms with van der Waals surface area (Å²) in [4.78, 5) is 38.1. The molecule has 1 fully saturated rings. The molecule has 3 rings (SSSR count). The molecule has 2 aromatic carbocycles. The third-order valence-corrected chi connectivity index (χ3v) is 4.73. The summed E-state index contributed by atoms with van der Waals surface area (Å²) < 4.78 is 18.6. The largest absolute Gasteiger partial charge is 0.455 e. The van der Waals surface area contributed by atoms with E-state index in [2.05, 4.69) is 5.32 Å². The molecule has 6 nitrogen and oxygen atoms in total. The van der Waals surface area contributed by atoms with Crippen LogP contribution in [0, 0.1) is 11.7 Å². The highest BCUT2D eigenvalue weighted by Gasteiger charge is 2.38. The van der Waals surface area contributed by atoms with E-state index in [0.29, 0.717) is 0 Å². The Labute approximate surface area is 162 Å². The molecule has 0 radical (unpaired) electrons. The van der Waals surface area contributed by atoms with Gasteiger partial charge in [-0.05, 0) is 24.6 Å². The predicted molar refractivity (Wildman–Crippen MR) is 101 cm³/mol. The van der Waals surface area contributed by atoms with Gasteiger partial charge in [0.25, 0.3) is 5.91 Å². The number of hydrogen-bond acceptors (Lipinski definition) is 4. The second kappa shape index (κ2) is 8.65. The number of rotatable bonds is 6. The van der Waals surface area contributed by atoms with E-state index < -0.39 is 30.2 Å². The van der Waals surface area contributed by atoms with Crippen LogP contribution in [0.4, 0.5) is 10.1 Å². The minimum atomic E-state index is -0.641. The fourth-order valence-corrected chi connectivity index (χ4v) is 3.18. The summed E-state index contributed by atoms with van der Waals surface area (Å²) >= 11 is 0. The highest BCUT2D eigenvalue weighted by molar-refractivity contribution is 5.93. The van der Waals surface area contributed by atoms with Crippen molar-refractivity contribution in [1.29, 1.82) is 0 Å². The first-order valence-electron chi connectivity index (χ1n) is 9.01. The van der Waals surface area contributed by atoms with Crippen LogP contribution in [0.3, 0.4) is 0 Å². The molecule has 28 heavy (non-hydrogen) atoms. The van der Waals surface area contributed by atoms with Crippen molar-refractivity contribution in [2.24, 2.45) is 5.92 Å². The Morgan fingerprint density at radius 3 is 2.57 bits per heavy atom. The van der Waals surface area contributed by atoms with Gasteiger partial charge in [-0.2, -0.15) is 0 Å². The number of carbonyl (C=O) groups excluding carboxylic acids is 3. The molecule has 2 amide bonds. The van der Waals surface area contributed by atoms with E-state index in [1.807, 2.05) is 37.3 Å². The van der Waals surface area contributed by atoms with Gasteiger partial charge in [-0.1, -0.05) is 42.5 Å². The Morgan fingerprint density at radius 2 is 1.86 bits per heavy atom. The lowest BCUT2D eigenvalue weighted by molar-refractivity contribution is -0.151. The van der Waals surface area contributed by atoms with Crippen molar-refractivity contribution in [3.63, 3.8) is 0 Å². The van der Waals surface area contributed by atoms with Gasteiger partial charge in [0.15, 0.2) is 6.61 Å². The molecule has 1 heterocycles. The first-order valence-corrected chi connectivity index (χ1v) is 9.01. The molecule has 0 bridgehead atoms. The number of ether oxygens (including phenoxy) is 1. The summed E-state index contributed by atoms with van der Waals surface area (Å²) in [6.07, 6.45) is 0.0466. The van der Waals surface area contributed by atoms with Crippen LogP contribution < -0.4 is 5.32 Å². The lowest BCUT2D eigenvalue weighted by atomic mass is 10.1. The van der Waals surface area contributed by atoms with Crippen molar-refractivity contribution in [2.75, 3.05) is 18.5 Å². The average Bonchev–Trinajstić information content (AvgIpc) is 3.10. The van der Waals surface area contributed by atoms with Crippen LogP contribution >= 0.6 is 0 Å². The zero-order valence-corrected chi connectivity index (χ0v) is 15.4. The predicted octanol–water partition coefficient (Wildman–Crippen LogP) is 2.92. The average molecular weight is 384 g/mol. The van der Waals surface area contributed by atoms with E-state index >= 15 is 0 Å². The molecule has 146 valence electrons. The molecular formula is C21H21FN2O4. The number of amides is 2. The van der Waals surface area contributed by atoms with Gasteiger partial charge in [-0.25, -0.2) is 4.39 Å². The lowest BCUT2D eigenvalue weighted by Gasteiger charge is -2.25. The fraction of sp³-hybridized carbons (Fsp3) is 0.286. The van der Waals surface area contributed by atoms with E-state index in [0.717, 1.165) is 5.56 Å². The molecule has 1 saturated heterocycles. The molecule has 7 heteroatoms. The van der Waals surface area contributed by atoms with Gasteiger partial charge in [-0.3, -0.25) is 14.4 Å². The zero-order valence-electron chi connectivity index (χ0n) is 15.4. The third-order valence-electron chi connectivity index (χ3n) is 4.73. The highest BCUT2D eigenvalue weighted by atomic mass is 19.1. The maximum Gasteiger partial charge on any atom is 0.311 e. The zero-order chi connectivity index (χ0) is 20.1. The number of para-hydroxylation sites is 1. The maximum atomic E-state index is 13.5. The first kappa shape index (κ1) is 19.5. The van der Waals surface area contributed by atoms with Crippen molar-refractivity contribution >= 4 is 23.5 Å². The van der Waals surface area contributed by atoms with Crippen molar-refractivity contribution in [3.8, 4) is 0 Å². The Bertz CT molecular complexity index is 872. The Hall–Kier alpha value is -3.22. The number of benzene rings is 2. The molecule has 0 unspecified atom stereocenters. The smallest absolute Gasteiger partial charge is 0.311 e. The summed E-state index contributed by atoms with van der Waals surface area (Å²) in [5, 5.41) is 2.34. The Kier molecular flexibility index (Phi) is 6.03. The van der Waals surface area contributed by atoms with Gasteiger partial charge >= 0.3 is 5.97 Å². The van der Waals surface area contributed by atoms with E-state index in [1.54, 1.807) is 11.0 Å². The lowest BCUT2D eigenvalue weighted by Crippen LogP contribution is -2.30. The first-order chi connectivity index (χ1) is 13.5. The van der Waals surface area contributed by atoms with E-state index in [9.17, 15) is 18.8 Å². The van der Waals surface area contributed by atoms with Crippen LogP contribution in [0.1, 0.15) is 24.9 Å². The summed E-state index contributed by atoms with van der Waals surface area (Å²) in [6.45, 7) is 1.61. The standard InChI is InChI=1S/C21H21FN2O4/c1-14(15-7-3-2-4-8-15)24-12-16(11-20(24)26)21(27)28-13-19(25)23-18-10-6-5-9-17(18)22/h2-10,14,16H,11-13H2,1H3,(H,23,25)/t14-,16-/m0/s1. The van der Waals surface area contributed by atoms with Crippen LogP contribution in [0.5, 0.6) is 0 Å². The maximum absolute atomic E-state index is 13.5. The van der Waals surface area contributed by atoms with E-state index in [1.165, 1.54) is 18.2 Å². The van der Waals surface area contributed by atoms with Crippen LogP contribution in [0.15, 0.2) is 54.6 Å². The summed E-state index contributed by atoms with van der Waals surface area (Å²) in [5.41, 5.74) is 0.997. The Morgan fingerprint density at radius 1 is 1.18 bits per heavy atom. The van der Waals surface area contributed by atoms with Gasteiger partial charge in [0.2, 0.25) is 5.91 Å². The molecule has 1 aliphatic heterocycles. The van der Waals surface area contributed by atoms with Gasteiger partial charge in [-0.15, -0.1) is 0 Å². The highest BCUT2D eigenvalue weighted by Crippen LogP contribution is 2.29. The number of esters is 1. The van der Waals surface area contributed by atoms with Gasteiger partial charge in [0.05, 0.1) is 17.6 Å². The molecule has 0 saturated carbocycles. The molecular weight excluding hydrogens is 363 g/mol. The number of anilines is 1. The normalized spacial score (nSPS) is 17.3. The van der Waals surface area contributed by atoms with Crippen LogP contribution in [-0.4, -0.2) is 35.8 Å². The number of nitrogens with zero attached hydrogens (tertiary/aromatic N) is 1. The summed E-state index contributed by atoms with van der Waals surface area (Å²) in [6, 6.07) is 15.1. The Balaban J connectivity index is 1.52. The number of likely N-dealkylation sites (tertiary alicyclic amines) is 1. The van der Waals surface area contributed by atoms with Crippen molar-refractivity contribution < 1.29 is 23.5 Å². The van der Waals surface area contributed by atoms with Gasteiger partial charge in [0, 0.05) is 13.0 Å². The van der Waals surface area contributed by atoms with E-state index in [-0.39, 0.29) is 30.6 Å². The number of carbonyl (C=O) groups is 3. The monoisotopic (exact) mass is 384 g/mol. The van der Waals surface area contributed by atoms with Crippen molar-refractivity contribution in [2.45, 2.75) is 19.4 Å². The van der Waals surface area contributed by atoms with E-state index in [4.69, 9.17) is 4.74 Å². The van der Waals surface area contributed by atoms with Gasteiger partial charge in [0.1, 0.15) is 5.82 Å². The summed E-state index contributed by atoms with van der Waals surface area (Å²) in [5.74, 6) is -2.58. The SMILES string of the molecule is C[C@@H](c1ccccc1)N1C[C@@H](C(=O)OCC(=O)Nc2ccccc2F)CC1=O. The van der Waals surface area contributed by atoms with Gasteiger partial charge < -0.3 is 15.0 Å². The van der Waals surface area contributed by atoms with Crippen LogP contribution in [0.25, 0.3) is 0 Å². The summed E-state index contributed by atoms with van der Waals surface area (Å²) in [7, 11) is 0. The quantitative estimate of drug-likeness (QED) is 0.777. The topological polar surface area (TPSA) is 75.7 Å². The van der Waals surface area contributed by atoms with Crippen molar-refractivity contribution in [3.05, 3.63) is 66.0 Å². The minimum Gasteiger partial charge on any atom is -0.455 e. The third kappa shape index (κ3) is 4.54. The number of hydrogen-bond donors (Lipinski definition) is 1. The van der Waals surface area contributed by atoms with Crippen LogP contribution in [0.2, 0.25) is 0 Å². The number of halogens is 1.